The van der Waals surface area contributed by atoms with Crippen LogP contribution in [-0.4, -0.2) is 17.5 Å². The first-order chi connectivity index (χ1) is 12.3. The van der Waals surface area contributed by atoms with Crippen LogP contribution in [0, 0.1) is 12.7 Å². The van der Waals surface area contributed by atoms with Gasteiger partial charge < -0.3 is 5.73 Å². The summed E-state index contributed by atoms with van der Waals surface area (Å²) < 4.78 is 14.4. The molecule has 1 aliphatic carbocycles. The van der Waals surface area contributed by atoms with Crippen molar-refractivity contribution in [3.63, 3.8) is 0 Å². The third-order valence-corrected chi connectivity index (χ3v) is 4.70. The Morgan fingerprint density at radius 2 is 1.96 bits per heavy atom. The molecule has 26 heavy (non-hydrogen) atoms. The van der Waals surface area contributed by atoms with Crippen LogP contribution in [0.4, 0.5) is 4.39 Å². The number of rotatable bonds is 5. The molecule has 2 rings (SSSR count). The highest BCUT2D eigenvalue weighted by Crippen LogP contribution is 2.26. The molecule has 0 atom stereocenters. The van der Waals surface area contributed by atoms with E-state index in [9.17, 15) is 9.18 Å². The van der Waals surface area contributed by atoms with Gasteiger partial charge in [-0.05, 0) is 56.9 Å². The van der Waals surface area contributed by atoms with Gasteiger partial charge in [-0.25, -0.2) is 4.39 Å². The van der Waals surface area contributed by atoms with Crippen LogP contribution in [0.25, 0.3) is 5.70 Å². The van der Waals surface area contributed by atoms with Crippen molar-refractivity contribution < 1.29 is 9.18 Å². The predicted molar refractivity (Wildman–Crippen MR) is 107 cm³/mol. The Balaban J connectivity index is 2.50. The summed E-state index contributed by atoms with van der Waals surface area (Å²) in [4.78, 5) is 16.2. The van der Waals surface area contributed by atoms with Gasteiger partial charge in [0, 0.05) is 29.7 Å². The maximum absolute atomic E-state index is 14.4. The Morgan fingerprint density at radius 1 is 1.31 bits per heavy atom. The summed E-state index contributed by atoms with van der Waals surface area (Å²) in [6.07, 6.45) is 6.19. The van der Waals surface area contributed by atoms with Gasteiger partial charge in [0.25, 0.3) is 0 Å². The fourth-order valence-electron chi connectivity index (χ4n) is 3.32. The van der Waals surface area contributed by atoms with Crippen molar-refractivity contribution in [1.82, 2.24) is 0 Å². The van der Waals surface area contributed by atoms with Crippen LogP contribution >= 0.6 is 0 Å². The van der Waals surface area contributed by atoms with Crippen molar-refractivity contribution in [2.24, 2.45) is 10.7 Å². The molecular weight excluding hydrogens is 327 g/mol. The second-order valence-electron chi connectivity index (χ2n) is 6.84. The molecule has 0 amide bonds. The molecule has 0 heterocycles. The van der Waals surface area contributed by atoms with E-state index in [2.05, 4.69) is 6.58 Å². The summed E-state index contributed by atoms with van der Waals surface area (Å²) in [6, 6.07) is 5.13. The monoisotopic (exact) mass is 354 g/mol. The van der Waals surface area contributed by atoms with E-state index in [0.717, 1.165) is 35.3 Å². The number of halogens is 1. The number of hydrogen-bond donors (Lipinski definition) is 1. The maximum atomic E-state index is 14.4. The summed E-state index contributed by atoms with van der Waals surface area (Å²) in [5.41, 5.74) is 10.3. The lowest BCUT2D eigenvalue weighted by atomic mass is 9.93. The van der Waals surface area contributed by atoms with Crippen LogP contribution in [0.2, 0.25) is 0 Å². The Morgan fingerprint density at radius 3 is 2.54 bits per heavy atom. The van der Waals surface area contributed by atoms with E-state index in [1.165, 1.54) is 6.07 Å². The summed E-state index contributed by atoms with van der Waals surface area (Å²) in [5, 5.41) is 0. The van der Waals surface area contributed by atoms with Crippen molar-refractivity contribution in [3.05, 3.63) is 65.0 Å². The maximum Gasteiger partial charge on any atom is 0.133 e. The summed E-state index contributed by atoms with van der Waals surface area (Å²) in [6.45, 7) is 9.39. The summed E-state index contributed by atoms with van der Waals surface area (Å²) in [7, 11) is 0. The van der Waals surface area contributed by atoms with Crippen LogP contribution in [0.15, 0.2) is 53.1 Å². The molecule has 1 aromatic carbocycles. The third-order valence-electron chi connectivity index (χ3n) is 4.70. The van der Waals surface area contributed by atoms with Gasteiger partial charge in [0.2, 0.25) is 0 Å². The van der Waals surface area contributed by atoms with Crippen molar-refractivity contribution in [2.75, 3.05) is 0 Å². The molecule has 1 aromatic rings. The molecule has 1 fully saturated rings. The minimum Gasteiger partial charge on any atom is -0.398 e. The molecule has 0 unspecified atom stereocenters. The minimum atomic E-state index is -0.345. The van der Waals surface area contributed by atoms with Crippen molar-refractivity contribution in [3.8, 4) is 0 Å². The first-order valence-electron chi connectivity index (χ1n) is 8.96. The number of hydrogen-bond acceptors (Lipinski definition) is 3. The number of Topliss-reactive ketones (excluding diaryl/α,β-unsaturated/α-hetero) is 1. The highest BCUT2D eigenvalue weighted by Gasteiger charge is 2.20. The first-order valence-corrected chi connectivity index (χ1v) is 8.96. The lowest BCUT2D eigenvalue weighted by Crippen LogP contribution is -2.19. The number of aryl methyl sites for hydroxylation is 1. The van der Waals surface area contributed by atoms with E-state index in [1.807, 2.05) is 32.9 Å². The van der Waals surface area contributed by atoms with E-state index < -0.39 is 0 Å². The van der Waals surface area contributed by atoms with Crippen LogP contribution < -0.4 is 5.73 Å². The average Bonchev–Trinajstić information content (AvgIpc) is 2.57. The van der Waals surface area contributed by atoms with E-state index in [4.69, 9.17) is 10.7 Å². The van der Waals surface area contributed by atoms with E-state index >= 15 is 0 Å². The van der Waals surface area contributed by atoms with Gasteiger partial charge in [-0.2, -0.15) is 0 Å². The van der Waals surface area contributed by atoms with Gasteiger partial charge in [-0.3, -0.25) is 9.79 Å². The Labute approximate surface area is 155 Å². The zero-order valence-electron chi connectivity index (χ0n) is 15.8. The number of nitrogens with two attached hydrogens (primary N) is 1. The smallest absolute Gasteiger partial charge is 0.133 e. The fourth-order valence-corrected chi connectivity index (χ4v) is 3.32. The molecule has 1 saturated carbocycles. The molecule has 138 valence electrons. The van der Waals surface area contributed by atoms with Gasteiger partial charge in [0.1, 0.15) is 11.6 Å². The van der Waals surface area contributed by atoms with Crippen molar-refractivity contribution in [1.29, 1.82) is 0 Å². The zero-order valence-corrected chi connectivity index (χ0v) is 15.8. The van der Waals surface area contributed by atoms with E-state index in [1.54, 1.807) is 12.1 Å². The molecule has 0 radical (unpaired) electrons. The normalized spacial score (nSPS) is 17.9. The molecule has 0 saturated heterocycles. The second kappa shape index (κ2) is 8.75. The highest BCUT2D eigenvalue weighted by molar-refractivity contribution is 6.08. The molecule has 4 heteroatoms. The molecule has 0 aromatic heterocycles. The summed E-state index contributed by atoms with van der Waals surface area (Å²) in [5.74, 6) is -0.0451. The molecule has 0 bridgehead atoms. The number of ketones is 1. The Kier molecular flexibility index (Phi) is 6.67. The van der Waals surface area contributed by atoms with Gasteiger partial charge in [0.05, 0.1) is 11.7 Å². The molecule has 3 nitrogen and oxygen atoms in total. The highest BCUT2D eigenvalue weighted by atomic mass is 19.1. The third kappa shape index (κ3) is 4.78. The quantitative estimate of drug-likeness (QED) is 0.603. The summed E-state index contributed by atoms with van der Waals surface area (Å²) >= 11 is 0. The first kappa shape index (κ1) is 19.8. The van der Waals surface area contributed by atoms with E-state index in [-0.39, 0.29) is 11.9 Å². The Hall–Kier alpha value is -2.49. The fraction of sp³-hybridized carbons (Fsp3) is 0.364. The molecule has 2 N–H and O–H groups in total. The van der Waals surface area contributed by atoms with E-state index in [0.29, 0.717) is 29.9 Å². The molecular formula is C22H27FN2O. The average molecular weight is 354 g/mol. The number of allylic oxidation sites excluding steroid dienone is 4. The minimum absolute atomic E-state index is 0.106. The number of benzene rings is 1. The van der Waals surface area contributed by atoms with Crippen molar-refractivity contribution >= 4 is 17.2 Å². The standard InChI is InChI=1S/C22H27FN2O/c1-5-6-15(3)21(16(4)25-17-8-10-18(26)11-9-17)22(24)19-12-7-14(2)13-20(19)23/h5-7,12-13,17H,1,8-11,24H2,2-4H3/b15-6-,22-21-,25-16?. The zero-order chi connectivity index (χ0) is 19.3. The second-order valence-corrected chi connectivity index (χ2v) is 6.84. The van der Waals surface area contributed by atoms with Crippen LogP contribution in [0.3, 0.4) is 0 Å². The predicted octanol–water partition coefficient (Wildman–Crippen LogP) is 4.91. The van der Waals surface area contributed by atoms with Gasteiger partial charge >= 0.3 is 0 Å². The number of carbonyl (C=O) groups excluding carboxylic acids is 1. The van der Waals surface area contributed by atoms with Crippen molar-refractivity contribution in [2.45, 2.75) is 52.5 Å². The number of aliphatic imine (C=N–C) groups is 1. The Bertz CT molecular complexity index is 792. The van der Waals surface area contributed by atoms with Crippen LogP contribution in [0.1, 0.15) is 50.7 Å². The number of carbonyl (C=O) groups is 1. The SMILES string of the molecule is C=C/C=C(C)\C(C(C)=NC1CCC(=O)CC1)=C(\N)c1ccc(C)cc1F. The van der Waals surface area contributed by atoms with Gasteiger partial charge in [-0.1, -0.05) is 24.8 Å². The topological polar surface area (TPSA) is 55.5 Å². The van der Waals surface area contributed by atoms with Crippen LogP contribution in [0.5, 0.6) is 0 Å². The molecule has 0 spiro atoms. The lowest BCUT2D eigenvalue weighted by Gasteiger charge is -2.20. The number of nitrogens with zero attached hydrogens (tertiary/aromatic N) is 1. The molecule has 0 aliphatic heterocycles. The largest absolute Gasteiger partial charge is 0.398 e. The van der Waals surface area contributed by atoms with Crippen LogP contribution in [-0.2, 0) is 4.79 Å². The van der Waals surface area contributed by atoms with Gasteiger partial charge in [-0.15, -0.1) is 0 Å². The molecule has 1 aliphatic rings. The lowest BCUT2D eigenvalue weighted by molar-refractivity contribution is -0.120. The van der Waals surface area contributed by atoms with Gasteiger partial charge in [0.15, 0.2) is 0 Å².